The molecule has 0 saturated carbocycles. The summed E-state index contributed by atoms with van der Waals surface area (Å²) < 4.78 is 37.4. The summed E-state index contributed by atoms with van der Waals surface area (Å²) in [5.74, 6) is 0. The number of halogens is 3. The number of nitrogens with zero attached hydrogens (tertiary/aromatic N) is 3. The lowest BCUT2D eigenvalue weighted by atomic mass is 10.3. The summed E-state index contributed by atoms with van der Waals surface area (Å²) >= 11 is 0. The maximum atomic E-state index is 12.5. The zero-order valence-corrected chi connectivity index (χ0v) is 9.48. The predicted molar refractivity (Wildman–Crippen MR) is 56.4 cm³/mol. The smallest absolute Gasteiger partial charge is 0.372 e. The maximum absolute atomic E-state index is 12.5. The highest BCUT2D eigenvalue weighted by Gasteiger charge is 2.34. The van der Waals surface area contributed by atoms with Crippen LogP contribution in [0.1, 0.15) is 17.6 Å². The van der Waals surface area contributed by atoms with Crippen molar-refractivity contribution in [2.75, 3.05) is 26.2 Å². The standard InChI is InChI=1S/C10H13F3N4O/c11-10(12,13)8-6-15-5-7(16-8)9(18)17-3-1-14-2-4-17/h5-6,9,14,18H,1-4H2. The van der Waals surface area contributed by atoms with Crippen LogP contribution in [0.3, 0.4) is 0 Å². The zero-order chi connectivity index (χ0) is 13.2. The summed E-state index contributed by atoms with van der Waals surface area (Å²) in [6, 6.07) is 0. The molecule has 8 heteroatoms. The number of aliphatic hydroxyl groups excluding tert-OH is 1. The Morgan fingerprint density at radius 1 is 1.28 bits per heavy atom. The molecule has 1 saturated heterocycles. The second-order valence-electron chi connectivity index (χ2n) is 3.99. The number of piperazine rings is 1. The molecule has 1 atom stereocenters. The van der Waals surface area contributed by atoms with Gasteiger partial charge in [-0.3, -0.25) is 9.88 Å². The molecule has 100 valence electrons. The van der Waals surface area contributed by atoms with Gasteiger partial charge >= 0.3 is 6.18 Å². The van der Waals surface area contributed by atoms with E-state index in [1.165, 1.54) is 0 Å². The fraction of sp³-hybridized carbons (Fsp3) is 0.600. The average molecular weight is 262 g/mol. The molecule has 0 amide bonds. The van der Waals surface area contributed by atoms with Crippen molar-refractivity contribution in [1.82, 2.24) is 20.2 Å². The SMILES string of the molecule is OC(c1cncc(C(F)(F)F)n1)N1CCNCC1. The fourth-order valence-corrected chi connectivity index (χ4v) is 1.76. The number of hydrogen-bond donors (Lipinski definition) is 2. The highest BCUT2D eigenvalue weighted by molar-refractivity contribution is 5.08. The number of alkyl halides is 3. The van der Waals surface area contributed by atoms with Gasteiger partial charge in [0.25, 0.3) is 0 Å². The molecule has 1 aliphatic heterocycles. The molecule has 1 aliphatic rings. The van der Waals surface area contributed by atoms with E-state index in [1.54, 1.807) is 4.90 Å². The first-order valence-corrected chi connectivity index (χ1v) is 5.50. The Labute approximate surface area is 102 Å². The van der Waals surface area contributed by atoms with Crippen LogP contribution < -0.4 is 5.32 Å². The van der Waals surface area contributed by atoms with Crippen molar-refractivity contribution in [2.24, 2.45) is 0 Å². The molecule has 1 aromatic heterocycles. The van der Waals surface area contributed by atoms with E-state index < -0.39 is 18.1 Å². The summed E-state index contributed by atoms with van der Waals surface area (Å²) in [5.41, 5.74) is -1.17. The van der Waals surface area contributed by atoms with Gasteiger partial charge in [-0.15, -0.1) is 0 Å². The van der Waals surface area contributed by atoms with Gasteiger partial charge in [0.15, 0.2) is 11.9 Å². The lowest BCUT2D eigenvalue weighted by Gasteiger charge is -2.31. The van der Waals surface area contributed by atoms with Crippen molar-refractivity contribution in [3.05, 3.63) is 23.8 Å². The van der Waals surface area contributed by atoms with E-state index >= 15 is 0 Å². The van der Waals surface area contributed by atoms with E-state index in [-0.39, 0.29) is 5.69 Å². The molecule has 2 rings (SSSR count). The van der Waals surface area contributed by atoms with E-state index in [0.29, 0.717) is 32.4 Å². The first-order chi connectivity index (χ1) is 8.48. The van der Waals surface area contributed by atoms with Gasteiger partial charge in [0.2, 0.25) is 0 Å². The predicted octanol–water partition coefficient (Wildman–Crippen LogP) is 0.391. The highest BCUT2D eigenvalue weighted by Crippen LogP contribution is 2.28. The van der Waals surface area contributed by atoms with Crippen LogP contribution >= 0.6 is 0 Å². The van der Waals surface area contributed by atoms with Gasteiger partial charge in [-0.05, 0) is 0 Å². The molecule has 0 aliphatic carbocycles. The molecule has 1 fully saturated rings. The van der Waals surface area contributed by atoms with E-state index in [1.807, 2.05) is 0 Å². The molecule has 18 heavy (non-hydrogen) atoms. The van der Waals surface area contributed by atoms with Gasteiger partial charge < -0.3 is 10.4 Å². The zero-order valence-electron chi connectivity index (χ0n) is 9.48. The average Bonchev–Trinajstić information content (AvgIpc) is 2.38. The van der Waals surface area contributed by atoms with Gasteiger partial charge in [0.05, 0.1) is 12.4 Å². The van der Waals surface area contributed by atoms with Crippen LogP contribution in [0.2, 0.25) is 0 Å². The van der Waals surface area contributed by atoms with Crippen LogP contribution in [0.5, 0.6) is 0 Å². The van der Waals surface area contributed by atoms with Crippen LogP contribution in [0, 0.1) is 0 Å². The van der Waals surface area contributed by atoms with E-state index in [4.69, 9.17) is 0 Å². The second-order valence-corrected chi connectivity index (χ2v) is 3.99. The van der Waals surface area contributed by atoms with Crippen LogP contribution in [0.25, 0.3) is 0 Å². The van der Waals surface area contributed by atoms with Crippen molar-refractivity contribution in [3.63, 3.8) is 0 Å². The Morgan fingerprint density at radius 3 is 2.56 bits per heavy atom. The van der Waals surface area contributed by atoms with E-state index in [0.717, 1.165) is 6.20 Å². The molecule has 2 N–H and O–H groups in total. The second kappa shape index (κ2) is 5.17. The Hall–Kier alpha value is -1.25. The first-order valence-electron chi connectivity index (χ1n) is 5.50. The van der Waals surface area contributed by atoms with E-state index in [9.17, 15) is 18.3 Å². The Morgan fingerprint density at radius 2 is 1.94 bits per heavy atom. The molecule has 1 unspecified atom stereocenters. The topological polar surface area (TPSA) is 61.3 Å². The number of aliphatic hydroxyl groups is 1. The number of aromatic nitrogens is 2. The summed E-state index contributed by atoms with van der Waals surface area (Å²) in [6.45, 7) is 2.48. The monoisotopic (exact) mass is 262 g/mol. The van der Waals surface area contributed by atoms with Gasteiger partial charge in [-0.2, -0.15) is 13.2 Å². The minimum atomic E-state index is -4.55. The first kappa shape index (κ1) is 13.2. The molecule has 0 radical (unpaired) electrons. The summed E-state index contributed by atoms with van der Waals surface area (Å²) in [5, 5.41) is 13.1. The van der Waals surface area contributed by atoms with Crippen molar-refractivity contribution in [2.45, 2.75) is 12.4 Å². The minimum absolute atomic E-state index is 0.0771. The summed E-state index contributed by atoms with van der Waals surface area (Å²) in [4.78, 5) is 8.56. The lowest BCUT2D eigenvalue weighted by molar-refractivity contribution is -0.142. The molecular formula is C10H13F3N4O. The highest BCUT2D eigenvalue weighted by atomic mass is 19.4. The minimum Gasteiger partial charge on any atom is -0.372 e. The van der Waals surface area contributed by atoms with Crippen molar-refractivity contribution < 1.29 is 18.3 Å². The van der Waals surface area contributed by atoms with Gasteiger partial charge in [-0.25, -0.2) is 4.98 Å². The molecule has 0 bridgehead atoms. The number of nitrogens with one attached hydrogen (secondary N) is 1. The molecule has 5 nitrogen and oxygen atoms in total. The third kappa shape index (κ3) is 2.95. The molecule has 0 spiro atoms. The summed E-state index contributed by atoms with van der Waals surface area (Å²) in [6.07, 6.45) is -3.90. The third-order valence-corrected chi connectivity index (χ3v) is 2.71. The molecule has 2 heterocycles. The number of hydrogen-bond acceptors (Lipinski definition) is 5. The molecule has 1 aromatic rings. The van der Waals surface area contributed by atoms with Gasteiger partial charge in [0, 0.05) is 26.2 Å². The van der Waals surface area contributed by atoms with Crippen LogP contribution in [-0.4, -0.2) is 46.2 Å². The lowest BCUT2D eigenvalue weighted by Crippen LogP contribution is -2.45. The van der Waals surface area contributed by atoms with Crippen molar-refractivity contribution in [3.8, 4) is 0 Å². The van der Waals surface area contributed by atoms with Crippen LogP contribution in [-0.2, 0) is 6.18 Å². The van der Waals surface area contributed by atoms with Crippen molar-refractivity contribution >= 4 is 0 Å². The van der Waals surface area contributed by atoms with Gasteiger partial charge in [0.1, 0.15) is 5.69 Å². The quantitative estimate of drug-likeness (QED) is 0.807. The normalized spacial score (nSPS) is 19.8. The van der Waals surface area contributed by atoms with E-state index in [2.05, 4.69) is 15.3 Å². The van der Waals surface area contributed by atoms with Crippen molar-refractivity contribution in [1.29, 1.82) is 0 Å². The molecule has 0 aromatic carbocycles. The van der Waals surface area contributed by atoms with Crippen LogP contribution in [0.4, 0.5) is 13.2 Å². The maximum Gasteiger partial charge on any atom is 0.434 e. The Bertz CT molecular complexity index is 406. The Balaban J connectivity index is 2.17. The fourth-order valence-electron chi connectivity index (χ4n) is 1.76. The largest absolute Gasteiger partial charge is 0.434 e. The molecular weight excluding hydrogens is 249 g/mol. The third-order valence-electron chi connectivity index (χ3n) is 2.71. The summed E-state index contributed by atoms with van der Waals surface area (Å²) in [7, 11) is 0. The Kier molecular flexibility index (Phi) is 3.79. The number of rotatable bonds is 2. The van der Waals surface area contributed by atoms with Gasteiger partial charge in [-0.1, -0.05) is 0 Å². The van der Waals surface area contributed by atoms with Crippen LogP contribution in [0.15, 0.2) is 12.4 Å².